The van der Waals surface area contributed by atoms with E-state index in [1.54, 1.807) is 0 Å². The van der Waals surface area contributed by atoms with Crippen molar-refractivity contribution in [2.24, 2.45) is 0 Å². The van der Waals surface area contributed by atoms with Gasteiger partial charge in [-0.05, 0) is 125 Å². The quantitative estimate of drug-likeness (QED) is 0.165. The first kappa shape index (κ1) is 35.3. The summed E-state index contributed by atoms with van der Waals surface area (Å²) in [5.41, 5.74) is 24.3. The molecule has 11 aromatic rings. The molecular formula is C65H39NO2. The van der Waals surface area contributed by atoms with Crippen LogP contribution in [0.1, 0.15) is 125 Å². The van der Waals surface area contributed by atoms with Crippen molar-refractivity contribution < 1.29 is 9.59 Å². The van der Waals surface area contributed by atoms with Crippen LogP contribution in [0.3, 0.4) is 0 Å². The Morgan fingerprint density at radius 3 is 1.28 bits per heavy atom. The Balaban J connectivity index is 0.964. The van der Waals surface area contributed by atoms with E-state index in [9.17, 15) is 0 Å². The second kappa shape index (κ2) is 10.9. The van der Waals surface area contributed by atoms with Gasteiger partial charge in [0.2, 0.25) is 0 Å². The van der Waals surface area contributed by atoms with E-state index >= 15 is 9.59 Å². The van der Waals surface area contributed by atoms with Crippen molar-refractivity contribution >= 4 is 49.7 Å². The van der Waals surface area contributed by atoms with E-state index < -0.39 is 0 Å². The number of carbonyl (C=O) groups excluding carboxylic acids is 2. The number of Topliss-reactive ketones (excluding diaryl/α,β-unsaturated/α-hetero) is 2. The lowest BCUT2D eigenvalue weighted by Gasteiger charge is -2.64. The molecule has 2 aromatic heterocycles. The van der Waals surface area contributed by atoms with E-state index in [2.05, 4.69) is 194 Å². The highest BCUT2D eigenvalue weighted by Crippen LogP contribution is 2.75. The van der Waals surface area contributed by atoms with Crippen LogP contribution in [0, 0.1) is 0 Å². The third-order valence-electron chi connectivity index (χ3n) is 19.0. The number of aromatic nitrogens is 1. The molecule has 6 unspecified atom stereocenters. The predicted molar refractivity (Wildman–Crippen MR) is 269 cm³/mol. The summed E-state index contributed by atoms with van der Waals surface area (Å²) < 4.78 is 2.42. The lowest BCUT2D eigenvalue weighted by Crippen LogP contribution is -2.61. The van der Waals surface area contributed by atoms with Crippen LogP contribution < -0.4 is 0 Å². The number of benzene rings is 9. The smallest absolute Gasteiger partial charge is 0.171 e. The summed E-state index contributed by atoms with van der Waals surface area (Å²) in [5.74, 6) is 0.179. The van der Waals surface area contributed by atoms with Crippen LogP contribution in [0.5, 0.6) is 0 Å². The molecule has 0 amide bonds. The van der Waals surface area contributed by atoms with Crippen molar-refractivity contribution in [3.05, 3.63) is 254 Å². The molecule has 0 bridgehead atoms. The molecule has 2 spiro atoms. The summed E-state index contributed by atoms with van der Waals surface area (Å²) in [6, 6.07) is 65.0. The summed E-state index contributed by atoms with van der Waals surface area (Å²) in [5, 5.41) is 4.68. The van der Waals surface area contributed by atoms with Crippen LogP contribution in [0.25, 0.3) is 60.3 Å². The van der Waals surface area contributed by atoms with Crippen LogP contribution in [0.15, 0.2) is 176 Å². The van der Waals surface area contributed by atoms with Crippen molar-refractivity contribution in [3.63, 3.8) is 0 Å². The van der Waals surface area contributed by atoms with Gasteiger partial charge in [-0.1, -0.05) is 153 Å². The van der Waals surface area contributed by atoms with Gasteiger partial charge < -0.3 is 4.40 Å². The average molecular weight is 866 g/mol. The standard InChI is InChI=1S/C65H39NO2/c1-63(2)47-20-8-3-14-34(47)55-33(19-13-25-52(55)63)32-26-43-39-28-41-45(61(67)58-37-17-6-11-23-50(37)64(58)48-21-9-4-15-35(48)56(41)64)30-53(39)66-54-31-46-42(29-40(54)44(27-32)60(43)66)57-36-16-5-10-22-49(36)65(57)51-24-12-7-18-38(51)59(65)62(46)68/h3-31,56-59H,1-2H3. The molecule has 6 atom stereocenters. The third kappa shape index (κ3) is 3.37. The van der Waals surface area contributed by atoms with Crippen LogP contribution in [-0.4, -0.2) is 16.0 Å². The summed E-state index contributed by atoms with van der Waals surface area (Å²) >= 11 is 0. The summed E-state index contributed by atoms with van der Waals surface area (Å²) in [7, 11) is 0. The molecule has 3 nitrogen and oxygen atoms in total. The van der Waals surface area contributed by atoms with Crippen molar-refractivity contribution in [1.29, 1.82) is 0 Å². The first-order chi connectivity index (χ1) is 33.3. The minimum Gasteiger partial charge on any atom is -0.308 e. The molecule has 0 fully saturated rings. The number of fused-ring (bicyclic) bond motifs is 21. The van der Waals surface area contributed by atoms with Crippen molar-refractivity contribution in [1.82, 2.24) is 4.40 Å². The highest BCUT2D eigenvalue weighted by atomic mass is 16.1. The van der Waals surface area contributed by atoms with Gasteiger partial charge in [-0.15, -0.1) is 0 Å². The molecular weight excluding hydrogens is 827 g/mol. The maximum atomic E-state index is 15.4. The Hall–Kier alpha value is -7.88. The van der Waals surface area contributed by atoms with E-state index in [1.807, 2.05) is 0 Å². The molecule has 0 radical (unpaired) electrons. The zero-order chi connectivity index (χ0) is 44.5. The molecule has 2 heterocycles. The van der Waals surface area contributed by atoms with E-state index in [0.717, 1.165) is 49.6 Å². The highest BCUT2D eigenvalue weighted by molar-refractivity contribution is 6.27. The molecule has 3 heteroatoms. The number of ketones is 2. The third-order valence-corrected chi connectivity index (χ3v) is 19.0. The molecule has 0 saturated heterocycles. The normalized spacial score (nSPS) is 24.9. The molecule has 68 heavy (non-hydrogen) atoms. The number of nitrogens with zero attached hydrogens (tertiary/aromatic N) is 1. The second-order valence-electron chi connectivity index (χ2n) is 21.6. The van der Waals surface area contributed by atoms with Crippen molar-refractivity contribution in [2.75, 3.05) is 0 Å². The molecule has 316 valence electrons. The predicted octanol–water partition coefficient (Wildman–Crippen LogP) is 14.3. The van der Waals surface area contributed by atoms with Gasteiger partial charge in [0.1, 0.15) is 0 Å². The Bertz CT molecular complexity index is 4110. The number of rotatable bonds is 1. The molecule has 0 saturated carbocycles. The minimum atomic E-state index is -0.344. The van der Waals surface area contributed by atoms with Gasteiger partial charge in [-0.2, -0.15) is 0 Å². The fourth-order valence-corrected chi connectivity index (χ4v) is 16.6. The topological polar surface area (TPSA) is 38.5 Å². The molecule has 9 aromatic carbocycles. The fraction of sp³-hybridized carbons (Fsp3) is 0.138. The largest absolute Gasteiger partial charge is 0.308 e. The summed E-state index contributed by atoms with van der Waals surface area (Å²) in [4.78, 5) is 30.8. The molecule has 18 rings (SSSR count). The first-order valence-electron chi connectivity index (χ1n) is 24.4. The maximum absolute atomic E-state index is 15.4. The van der Waals surface area contributed by atoms with Gasteiger partial charge in [0.15, 0.2) is 11.6 Å². The lowest BCUT2D eigenvalue weighted by atomic mass is 9.36. The summed E-state index contributed by atoms with van der Waals surface area (Å²) in [6.07, 6.45) is 0. The first-order valence-corrected chi connectivity index (χ1v) is 24.4. The van der Waals surface area contributed by atoms with Gasteiger partial charge in [-0.3, -0.25) is 9.59 Å². The van der Waals surface area contributed by atoms with Gasteiger partial charge >= 0.3 is 0 Å². The van der Waals surface area contributed by atoms with Crippen LogP contribution in [0.4, 0.5) is 0 Å². The van der Waals surface area contributed by atoms with Crippen molar-refractivity contribution in [2.45, 2.75) is 53.8 Å². The second-order valence-corrected chi connectivity index (χ2v) is 21.6. The SMILES string of the molecule is CC1(C)c2ccccc2-c2c(-c3cc4c5cc6c(cc5n5c7cc8c(cc7c(c3)c45)C3c4ccccc4C34c3ccccc3C4C8=O)C(=O)C3c4ccccc4C34c3ccccc3C64)cccc21. The Morgan fingerprint density at radius 1 is 0.368 bits per heavy atom. The lowest BCUT2D eigenvalue weighted by molar-refractivity contribution is 0.0839. The van der Waals surface area contributed by atoms with Gasteiger partial charge in [0.05, 0.1) is 28.4 Å². The average Bonchev–Trinajstić information content (AvgIpc) is 3.93. The van der Waals surface area contributed by atoms with Crippen LogP contribution in [0.2, 0.25) is 0 Å². The van der Waals surface area contributed by atoms with E-state index in [4.69, 9.17) is 0 Å². The molecule has 7 aliphatic rings. The molecule has 0 N–H and O–H groups in total. The van der Waals surface area contributed by atoms with Gasteiger partial charge in [-0.25, -0.2) is 0 Å². The minimum absolute atomic E-state index is 0.0868. The van der Waals surface area contributed by atoms with Gasteiger partial charge in [0.25, 0.3) is 0 Å². The van der Waals surface area contributed by atoms with Crippen LogP contribution >= 0.6 is 0 Å². The zero-order valence-corrected chi connectivity index (χ0v) is 37.3. The Morgan fingerprint density at radius 2 is 0.779 bits per heavy atom. The van der Waals surface area contributed by atoms with E-state index in [0.29, 0.717) is 0 Å². The number of hydrogen-bond donors (Lipinski definition) is 0. The van der Waals surface area contributed by atoms with E-state index in [1.165, 1.54) is 88.7 Å². The van der Waals surface area contributed by atoms with Gasteiger partial charge in [0, 0.05) is 60.8 Å². The highest BCUT2D eigenvalue weighted by Gasteiger charge is 2.70. The Kier molecular flexibility index (Phi) is 5.68. The summed E-state index contributed by atoms with van der Waals surface area (Å²) in [6.45, 7) is 4.71. The number of carbonyl (C=O) groups is 2. The zero-order valence-electron chi connectivity index (χ0n) is 37.3. The van der Waals surface area contributed by atoms with Crippen molar-refractivity contribution in [3.8, 4) is 22.3 Å². The Labute approximate surface area is 391 Å². The molecule has 7 aliphatic carbocycles. The number of hydrogen-bond acceptors (Lipinski definition) is 2. The monoisotopic (exact) mass is 865 g/mol. The van der Waals surface area contributed by atoms with Crippen LogP contribution in [-0.2, 0) is 16.2 Å². The van der Waals surface area contributed by atoms with E-state index in [-0.39, 0.29) is 51.5 Å². The fourth-order valence-electron chi connectivity index (χ4n) is 16.6. The molecule has 0 aliphatic heterocycles. The maximum Gasteiger partial charge on any atom is 0.171 e.